The number of hydrogen-bond donors (Lipinski definition) is 0. The minimum atomic E-state index is 0.128. The lowest BCUT2D eigenvalue weighted by atomic mass is 10.1. The molecule has 0 saturated heterocycles. The summed E-state index contributed by atoms with van der Waals surface area (Å²) in [7, 11) is 0. The van der Waals surface area contributed by atoms with Gasteiger partial charge in [-0.15, -0.1) is 0 Å². The summed E-state index contributed by atoms with van der Waals surface area (Å²) in [6, 6.07) is 8.03. The molecule has 0 unspecified atom stereocenters. The van der Waals surface area contributed by atoms with Crippen LogP contribution >= 0.6 is 0 Å². The molecule has 0 heterocycles. The molecule has 0 fully saturated rings. The van der Waals surface area contributed by atoms with Gasteiger partial charge in [-0.25, -0.2) is 0 Å². The van der Waals surface area contributed by atoms with Gasteiger partial charge in [0.1, 0.15) is 0 Å². The van der Waals surface area contributed by atoms with Crippen LogP contribution in [0.5, 0.6) is 0 Å². The Kier molecular flexibility index (Phi) is 3.02. The van der Waals surface area contributed by atoms with Crippen LogP contribution in [0, 0.1) is 6.92 Å². The Balaban J connectivity index is 3.04. The van der Waals surface area contributed by atoms with Crippen LogP contribution in [-0.4, -0.2) is 5.78 Å². The van der Waals surface area contributed by atoms with Crippen molar-refractivity contribution in [2.75, 3.05) is 0 Å². The fourth-order valence-corrected chi connectivity index (χ4v) is 1.08. The van der Waals surface area contributed by atoms with Crippen LogP contribution in [0.2, 0.25) is 0 Å². The van der Waals surface area contributed by atoms with Crippen molar-refractivity contribution in [2.24, 2.45) is 0 Å². The largest absolute Gasteiger partial charge is 0.295 e. The van der Waals surface area contributed by atoms with E-state index in [9.17, 15) is 4.79 Å². The fourth-order valence-electron chi connectivity index (χ4n) is 1.08. The first-order valence-electron chi connectivity index (χ1n) is 4.36. The van der Waals surface area contributed by atoms with E-state index in [0.29, 0.717) is 0 Å². The molecule has 0 N–H and O–H groups in total. The first-order chi connectivity index (χ1) is 6.11. The third-order valence-electron chi connectivity index (χ3n) is 2.12. The average molecular weight is 174 g/mol. The Bertz CT molecular complexity index is 348. The van der Waals surface area contributed by atoms with Crippen molar-refractivity contribution in [2.45, 2.75) is 20.8 Å². The number of hydrogen-bond acceptors (Lipinski definition) is 1. The van der Waals surface area contributed by atoms with Gasteiger partial charge in [-0.2, -0.15) is 0 Å². The molecule has 0 aliphatic carbocycles. The zero-order valence-corrected chi connectivity index (χ0v) is 8.29. The molecule has 68 valence electrons. The van der Waals surface area contributed by atoms with Gasteiger partial charge < -0.3 is 0 Å². The van der Waals surface area contributed by atoms with Gasteiger partial charge in [0.25, 0.3) is 0 Å². The maximum Gasteiger partial charge on any atom is 0.155 e. The monoisotopic (exact) mass is 174 g/mol. The highest BCUT2D eigenvalue weighted by atomic mass is 16.1. The SMILES string of the molecule is CC(=O)/C(C)=C\c1ccccc1C. The molecular weight excluding hydrogens is 160 g/mol. The first kappa shape index (κ1) is 9.72. The van der Waals surface area contributed by atoms with Crippen LogP contribution in [0.25, 0.3) is 6.08 Å². The highest BCUT2D eigenvalue weighted by Gasteiger charge is 1.97. The van der Waals surface area contributed by atoms with Gasteiger partial charge in [-0.05, 0) is 43.5 Å². The van der Waals surface area contributed by atoms with Gasteiger partial charge >= 0.3 is 0 Å². The number of rotatable bonds is 2. The predicted octanol–water partition coefficient (Wildman–Crippen LogP) is 2.99. The van der Waals surface area contributed by atoms with Gasteiger partial charge in [-0.1, -0.05) is 24.3 Å². The number of carbonyl (C=O) groups excluding carboxylic acids is 1. The van der Waals surface area contributed by atoms with Crippen molar-refractivity contribution in [3.63, 3.8) is 0 Å². The molecule has 1 aromatic carbocycles. The molecule has 0 aliphatic rings. The first-order valence-corrected chi connectivity index (χ1v) is 4.36. The molecule has 13 heavy (non-hydrogen) atoms. The summed E-state index contributed by atoms with van der Waals surface area (Å²) >= 11 is 0. The Morgan fingerprint density at radius 2 is 1.85 bits per heavy atom. The van der Waals surface area contributed by atoms with E-state index in [1.807, 2.05) is 44.2 Å². The van der Waals surface area contributed by atoms with Crippen molar-refractivity contribution in [1.29, 1.82) is 0 Å². The van der Waals surface area contributed by atoms with Crippen LogP contribution in [0.15, 0.2) is 29.8 Å². The van der Waals surface area contributed by atoms with Crippen LogP contribution in [0.3, 0.4) is 0 Å². The summed E-state index contributed by atoms with van der Waals surface area (Å²) in [4.78, 5) is 11.0. The molecule has 1 nitrogen and oxygen atoms in total. The van der Waals surface area contributed by atoms with E-state index < -0.39 is 0 Å². The van der Waals surface area contributed by atoms with Crippen LogP contribution in [0.4, 0.5) is 0 Å². The van der Waals surface area contributed by atoms with Gasteiger partial charge in [0.2, 0.25) is 0 Å². The van der Waals surface area contributed by atoms with E-state index >= 15 is 0 Å². The van der Waals surface area contributed by atoms with Crippen molar-refractivity contribution >= 4 is 11.9 Å². The number of ketones is 1. The highest BCUT2D eigenvalue weighted by molar-refractivity contribution is 5.97. The van der Waals surface area contributed by atoms with Crippen LogP contribution < -0.4 is 0 Å². The second-order valence-electron chi connectivity index (χ2n) is 3.24. The summed E-state index contributed by atoms with van der Waals surface area (Å²) in [6.07, 6.45) is 1.93. The van der Waals surface area contributed by atoms with Crippen LogP contribution in [-0.2, 0) is 4.79 Å². The third kappa shape index (κ3) is 2.55. The molecule has 1 heteroatoms. The summed E-state index contributed by atoms with van der Waals surface area (Å²) in [5.74, 6) is 0.128. The van der Waals surface area contributed by atoms with E-state index in [-0.39, 0.29) is 5.78 Å². The highest BCUT2D eigenvalue weighted by Crippen LogP contribution is 2.11. The topological polar surface area (TPSA) is 17.1 Å². The van der Waals surface area contributed by atoms with E-state index in [2.05, 4.69) is 0 Å². The Hall–Kier alpha value is -1.37. The zero-order valence-electron chi connectivity index (χ0n) is 8.29. The van der Waals surface area contributed by atoms with Crippen molar-refractivity contribution in [3.8, 4) is 0 Å². The van der Waals surface area contributed by atoms with Crippen molar-refractivity contribution in [1.82, 2.24) is 0 Å². The fraction of sp³-hybridized carbons (Fsp3) is 0.250. The minimum Gasteiger partial charge on any atom is -0.295 e. The van der Waals surface area contributed by atoms with Gasteiger partial charge in [-0.3, -0.25) is 4.79 Å². The second kappa shape index (κ2) is 4.04. The molecule has 1 aromatic rings. The molecule has 1 rings (SSSR count). The summed E-state index contributed by atoms with van der Waals surface area (Å²) in [5.41, 5.74) is 3.12. The number of allylic oxidation sites excluding steroid dienone is 1. The lowest BCUT2D eigenvalue weighted by Crippen LogP contribution is -1.91. The molecule has 0 bridgehead atoms. The maximum atomic E-state index is 11.0. The Morgan fingerprint density at radius 1 is 1.23 bits per heavy atom. The van der Waals surface area contributed by atoms with Crippen LogP contribution in [0.1, 0.15) is 25.0 Å². The second-order valence-corrected chi connectivity index (χ2v) is 3.24. The quantitative estimate of drug-likeness (QED) is 0.630. The zero-order chi connectivity index (χ0) is 9.84. The Labute approximate surface area is 79.1 Å². The third-order valence-corrected chi connectivity index (χ3v) is 2.12. The average Bonchev–Trinajstić information content (AvgIpc) is 2.08. The number of Topliss-reactive ketones (excluding diaryl/α,β-unsaturated/α-hetero) is 1. The van der Waals surface area contributed by atoms with Crippen molar-refractivity contribution < 1.29 is 4.79 Å². The molecule has 0 spiro atoms. The summed E-state index contributed by atoms with van der Waals surface area (Å²) < 4.78 is 0. The summed E-state index contributed by atoms with van der Waals surface area (Å²) in [5, 5.41) is 0. The Morgan fingerprint density at radius 3 is 2.38 bits per heavy atom. The lowest BCUT2D eigenvalue weighted by Gasteiger charge is -2.00. The van der Waals surface area contributed by atoms with Gasteiger partial charge in [0.15, 0.2) is 5.78 Å². The predicted molar refractivity (Wildman–Crippen MR) is 55.5 cm³/mol. The number of benzene rings is 1. The smallest absolute Gasteiger partial charge is 0.155 e. The lowest BCUT2D eigenvalue weighted by molar-refractivity contribution is -0.113. The molecule has 0 radical (unpaired) electrons. The van der Waals surface area contributed by atoms with E-state index in [1.54, 1.807) is 6.92 Å². The molecular formula is C12H14O. The van der Waals surface area contributed by atoms with Gasteiger partial charge in [0, 0.05) is 0 Å². The van der Waals surface area contributed by atoms with E-state index in [4.69, 9.17) is 0 Å². The van der Waals surface area contributed by atoms with E-state index in [1.165, 1.54) is 5.56 Å². The number of carbonyl (C=O) groups is 1. The molecule has 0 aliphatic heterocycles. The molecule has 0 atom stereocenters. The molecule has 0 amide bonds. The number of aryl methyl sites for hydroxylation is 1. The molecule has 0 aromatic heterocycles. The minimum absolute atomic E-state index is 0.128. The van der Waals surface area contributed by atoms with Gasteiger partial charge in [0.05, 0.1) is 0 Å². The molecule has 0 saturated carbocycles. The summed E-state index contributed by atoms with van der Waals surface area (Å²) in [6.45, 7) is 5.47. The van der Waals surface area contributed by atoms with Crippen molar-refractivity contribution in [3.05, 3.63) is 41.0 Å². The normalized spacial score (nSPS) is 11.5. The standard InChI is InChI=1S/C12H14O/c1-9-6-4-5-7-12(9)8-10(2)11(3)13/h4-8H,1-3H3/b10-8-. The van der Waals surface area contributed by atoms with E-state index in [0.717, 1.165) is 11.1 Å². The maximum absolute atomic E-state index is 11.0.